The van der Waals surface area contributed by atoms with Crippen molar-refractivity contribution in [1.82, 2.24) is 15.2 Å². The first-order valence-electron chi connectivity index (χ1n) is 5.49. The molecule has 1 aromatic rings. The molecule has 0 spiro atoms. The van der Waals surface area contributed by atoms with Crippen LogP contribution in [-0.2, 0) is 11.3 Å². The van der Waals surface area contributed by atoms with E-state index in [0.717, 1.165) is 30.2 Å². The van der Waals surface area contributed by atoms with Gasteiger partial charge in [0.25, 0.3) is 0 Å². The van der Waals surface area contributed by atoms with E-state index in [2.05, 4.69) is 10.3 Å². The molecule has 1 unspecified atom stereocenters. The molecule has 1 fully saturated rings. The number of aromatic nitrogens is 1. The fourth-order valence-electron chi connectivity index (χ4n) is 1.97. The molecule has 2 heterocycles. The lowest BCUT2D eigenvalue weighted by Gasteiger charge is -2.11. The van der Waals surface area contributed by atoms with Gasteiger partial charge in [-0.25, -0.2) is 4.98 Å². The van der Waals surface area contributed by atoms with Gasteiger partial charge in [0.15, 0.2) is 0 Å². The number of hydrogen-bond donors (Lipinski definition) is 1. The second-order valence-corrected chi connectivity index (χ2v) is 5.51. The van der Waals surface area contributed by atoms with Crippen LogP contribution in [0.15, 0.2) is 0 Å². The summed E-state index contributed by atoms with van der Waals surface area (Å²) in [6.45, 7) is 5.64. The molecule has 0 bridgehead atoms. The van der Waals surface area contributed by atoms with Crippen LogP contribution < -0.4 is 5.32 Å². The summed E-state index contributed by atoms with van der Waals surface area (Å²) in [6.07, 6.45) is 0.909. The lowest BCUT2D eigenvalue weighted by atomic mass is 10.2. The summed E-state index contributed by atoms with van der Waals surface area (Å²) in [5.74, 6) is 0.207. The Bertz CT molecular complexity index is 402. The Morgan fingerprint density at radius 2 is 2.31 bits per heavy atom. The number of nitrogens with zero attached hydrogens (tertiary/aromatic N) is 2. The van der Waals surface area contributed by atoms with Crippen molar-refractivity contribution < 1.29 is 4.79 Å². The summed E-state index contributed by atoms with van der Waals surface area (Å²) >= 11 is 1.70. The van der Waals surface area contributed by atoms with Gasteiger partial charge in [0.1, 0.15) is 0 Å². The lowest BCUT2D eigenvalue weighted by molar-refractivity contribution is -0.128. The number of rotatable bonds is 3. The minimum Gasteiger partial charge on any atom is -0.344 e. The van der Waals surface area contributed by atoms with Gasteiger partial charge in [0.2, 0.25) is 5.91 Å². The quantitative estimate of drug-likeness (QED) is 0.858. The molecule has 1 aromatic heterocycles. The number of carbonyl (C=O) groups excluding carboxylic acids is 1. The van der Waals surface area contributed by atoms with E-state index in [4.69, 9.17) is 0 Å². The van der Waals surface area contributed by atoms with Gasteiger partial charge in [0, 0.05) is 25.0 Å². The number of hydrogen-bond acceptors (Lipinski definition) is 4. The smallest absolute Gasteiger partial charge is 0.239 e. The van der Waals surface area contributed by atoms with E-state index in [0.29, 0.717) is 0 Å². The molecule has 88 valence electrons. The predicted octanol–water partition coefficient (Wildman–Crippen LogP) is 1.08. The third-order valence-electron chi connectivity index (χ3n) is 2.94. The molecule has 4 nitrogen and oxygen atoms in total. The van der Waals surface area contributed by atoms with Crippen LogP contribution in [-0.4, -0.2) is 35.4 Å². The Kier molecular flexibility index (Phi) is 3.25. The van der Waals surface area contributed by atoms with Crippen LogP contribution in [0.4, 0.5) is 0 Å². The zero-order valence-electron chi connectivity index (χ0n) is 9.91. The predicted molar refractivity (Wildman–Crippen MR) is 64.5 cm³/mol. The summed E-state index contributed by atoms with van der Waals surface area (Å²) in [6, 6.07) is -0.00759. The fourth-order valence-corrected chi connectivity index (χ4v) is 2.85. The highest BCUT2D eigenvalue weighted by Gasteiger charge is 2.28. The molecule has 0 aromatic carbocycles. The number of nitrogens with one attached hydrogen (secondary N) is 1. The minimum atomic E-state index is -0.00759. The highest BCUT2D eigenvalue weighted by atomic mass is 32.1. The van der Waals surface area contributed by atoms with E-state index in [1.165, 1.54) is 4.88 Å². The molecule has 1 aliphatic heterocycles. The molecule has 1 aliphatic rings. The van der Waals surface area contributed by atoms with Gasteiger partial charge in [-0.1, -0.05) is 0 Å². The monoisotopic (exact) mass is 239 g/mol. The van der Waals surface area contributed by atoms with Gasteiger partial charge in [-0.15, -0.1) is 11.3 Å². The average Bonchev–Trinajstić information content (AvgIpc) is 2.70. The van der Waals surface area contributed by atoms with Gasteiger partial charge in [-0.3, -0.25) is 4.79 Å². The standard InChI is InChI=1S/C11H17N3OS/c1-7-10(16-8(2)13-7)6-12-9-4-5-14(3)11(9)15/h9,12H,4-6H2,1-3H3. The Balaban J connectivity index is 1.93. The minimum absolute atomic E-state index is 0.00759. The van der Waals surface area contributed by atoms with E-state index in [1.54, 1.807) is 16.2 Å². The molecular formula is C11H17N3OS. The van der Waals surface area contributed by atoms with Crippen molar-refractivity contribution in [3.63, 3.8) is 0 Å². The Morgan fingerprint density at radius 3 is 2.81 bits per heavy atom. The molecular weight excluding hydrogens is 222 g/mol. The fraction of sp³-hybridized carbons (Fsp3) is 0.636. The molecule has 2 rings (SSSR count). The van der Waals surface area contributed by atoms with Gasteiger partial charge in [0.05, 0.1) is 16.7 Å². The second kappa shape index (κ2) is 4.51. The van der Waals surface area contributed by atoms with Gasteiger partial charge in [-0.2, -0.15) is 0 Å². The molecule has 1 saturated heterocycles. The molecule has 1 amide bonds. The lowest BCUT2D eigenvalue weighted by Crippen LogP contribution is -2.36. The maximum atomic E-state index is 11.7. The van der Waals surface area contributed by atoms with E-state index in [-0.39, 0.29) is 11.9 Å². The van der Waals surface area contributed by atoms with E-state index in [1.807, 2.05) is 20.9 Å². The van der Waals surface area contributed by atoms with Crippen LogP contribution in [0.5, 0.6) is 0 Å². The van der Waals surface area contributed by atoms with Crippen molar-refractivity contribution in [3.05, 3.63) is 15.6 Å². The number of likely N-dealkylation sites (N-methyl/N-ethyl adjacent to an activating group) is 1. The van der Waals surface area contributed by atoms with E-state index in [9.17, 15) is 4.79 Å². The normalized spacial score (nSPS) is 20.8. The van der Waals surface area contributed by atoms with Crippen molar-refractivity contribution in [3.8, 4) is 0 Å². The maximum absolute atomic E-state index is 11.7. The first-order chi connectivity index (χ1) is 7.58. The molecule has 0 saturated carbocycles. The van der Waals surface area contributed by atoms with Crippen molar-refractivity contribution in [2.24, 2.45) is 0 Å². The highest BCUT2D eigenvalue weighted by molar-refractivity contribution is 7.11. The van der Waals surface area contributed by atoms with Crippen molar-refractivity contribution in [2.75, 3.05) is 13.6 Å². The van der Waals surface area contributed by atoms with Crippen LogP contribution in [0.2, 0.25) is 0 Å². The Hall–Kier alpha value is -0.940. The summed E-state index contributed by atoms with van der Waals surface area (Å²) in [5, 5.41) is 4.40. The average molecular weight is 239 g/mol. The van der Waals surface area contributed by atoms with Crippen molar-refractivity contribution in [1.29, 1.82) is 0 Å². The van der Waals surface area contributed by atoms with Crippen LogP contribution in [0, 0.1) is 13.8 Å². The van der Waals surface area contributed by atoms with Gasteiger partial charge < -0.3 is 10.2 Å². The summed E-state index contributed by atoms with van der Waals surface area (Å²) in [5.41, 5.74) is 1.08. The zero-order chi connectivity index (χ0) is 11.7. The third-order valence-corrected chi connectivity index (χ3v) is 4.01. The van der Waals surface area contributed by atoms with Crippen LogP contribution in [0.3, 0.4) is 0 Å². The van der Waals surface area contributed by atoms with Crippen molar-refractivity contribution >= 4 is 17.2 Å². The second-order valence-electron chi connectivity index (χ2n) is 4.22. The number of amides is 1. The molecule has 5 heteroatoms. The third kappa shape index (κ3) is 2.25. The first kappa shape index (κ1) is 11.5. The van der Waals surface area contributed by atoms with Crippen LogP contribution in [0.1, 0.15) is 22.0 Å². The molecule has 0 radical (unpaired) electrons. The van der Waals surface area contributed by atoms with Gasteiger partial charge in [-0.05, 0) is 20.3 Å². The van der Waals surface area contributed by atoms with Crippen LogP contribution in [0.25, 0.3) is 0 Å². The van der Waals surface area contributed by atoms with E-state index < -0.39 is 0 Å². The number of thiazole rings is 1. The summed E-state index contributed by atoms with van der Waals surface area (Å²) < 4.78 is 0. The topological polar surface area (TPSA) is 45.2 Å². The highest BCUT2D eigenvalue weighted by Crippen LogP contribution is 2.17. The summed E-state index contributed by atoms with van der Waals surface area (Å²) in [4.78, 5) is 19.1. The van der Waals surface area contributed by atoms with Crippen molar-refractivity contribution in [2.45, 2.75) is 32.9 Å². The molecule has 1 N–H and O–H groups in total. The SMILES string of the molecule is Cc1nc(C)c(CNC2CCN(C)C2=O)s1. The zero-order valence-corrected chi connectivity index (χ0v) is 10.7. The number of likely N-dealkylation sites (tertiary alicyclic amines) is 1. The largest absolute Gasteiger partial charge is 0.344 e. The molecule has 16 heavy (non-hydrogen) atoms. The number of aryl methyl sites for hydroxylation is 2. The Labute approximate surface area is 99.7 Å². The molecule has 1 atom stereocenters. The van der Waals surface area contributed by atoms with Crippen LogP contribution >= 0.6 is 11.3 Å². The Morgan fingerprint density at radius 1 is 1.56 bits per heavy atom. The summed E-state index contributed by atoms with van der Waals surface area (Å²) in [7, 11) is 1.85. The van der Waals surface area contributed by atoms with Gasteiger partial charge >= 0.3 is 0 Å². The molecule has 0 aliphatic carbocycles. The first-order valence-corrected chi connectivity index (χ1v) is 6.31. The van der Waals surface area contributed by atoms with E-state index >= 15 is 0 Å². The number of carbonyl (C=O) groups is 1. The maximum Gasteiger partial charge on any atom is 0.239 e.